The van der Waals surface area contributed by atoms with Crippen LogP contribution in [0.4, 0.5) is 43.9 Å². The van der Waals surface area contributed by atoms with Crippen molar-refractivity contribution in [3.8, 4) is 0 Å². The normalized spacial score (nSPS) is 17.6. The highest BCUT2D eigenvalue weighted by atomic mass is 31.2. The molecule has 2 aromatic rings. The van der Waals surface area contributed by atoms with Gasteiger partial charge in [-0.25, -0.2) is 43.9 Å². The lowest BCUT2D eigenvalue weighted by molar-refractivity contribution is -0.239. The van der Waals surface area contributed by atoms with Gasteiger partial charge in [-0.1, -0.05) is 52.5 Å². The summed E-state index contributed by atoms with van der Waals surface area (Å²) in [5.41, 5.74) is -3.15. The first kappa shape index (κ1) is 30.8. The molecule has 1 heterocycles. The first-order valence-corrected chi connectivity index (χ1v) is 17.2. The van der Waals surface area contributed by atoms with E-state index in [1.54, 1.807) is 61.2 Å². The minimum Gasteiger partial charge on any atom is -0.554 e. The lowest BCUT2D eigenvalue weighted by atomic mass is 9.29. The summed E-state index contributed by atoms with van der Waals surface area (Å²) < 4.78 is 150. The molecule has 3 rings (SSSR count). The number of hydrogen-bond acceptors (Lipinski definition) is 0. The Kier molecular flexibility index (Phi) is 7.19. The van der Waals surface area contributed by atoms with Crippen molar-refractivity contribution < 1.29 is 47.8 Å². The van der Waals surface area contributed by atoms with Gasteiger partial charge in [0.05, 0.1) is 0 Å². The first-order chi connectivity index (χ1) is 16.9. The second kappa shape index (κ2) is 8.88. The van der Waals surface area contributed by atoms with Gasteiger partial charge >= 0.3 is 6.28 Å². The zero-order valence-electron chi connectivity index (χ0n) is 22.5. The Morgan fingerprint density at radius 3 is 0.974 bits per heavy atom. The van der Waals surface area contributed by atoms with Gasteiger partial charge < -0.3 is 3.90 Å². The third-order valence-corrected chi connectivity index (χ3v) is 18.9. The van der Waals surface area contributed by atoms with E-state index in [2.05, 4.69) is 0 Å². The van der Waals surface area contributed by atoms with Crippen molar-refractivity contribution >= 4 is 32.5 Å². The minimum absolute atomic E-state index is 0.541. The van der Waals surface area contributed by atoms with Crippen LogP contribution in [-0.2, 0) is 0 Å². The maximum absolute atomic E-state index is 15.5. The number of nitrogens with zero attached hydrogens (tertiary/aromatic N) is 1. The van der Waals surface area contributed by atoms with Crippen LogP contribution in [0.3, 0.4) is 0 Å². The van der Waals surface area contributed by atoms with E-state index in [1.807, 2.05) is 0 Å². The molecule has 0 aliphatic carbocycles. The van der Waals surface area contributed by atoms with Crippen molar-refractivity contribution in [3.05, 3.63) is 58.2 Å². The molecule has 0 spiro atoms. The molecule has 0 saturated heterocycles. The summed E-state index contributed by atoms with van der Waals surface area (Å²) in [6, 6.07) is -0.541. The van der Waals surface area contributed by atoms with Crippen molar-refractivity contribution in [3.63, 3.8) is 0 Å². The predicted octanol–water partition coefficient (Wildman–Crippen LogP) is 7.34. The largest absolute Gasteiger partial charge is 0.554 e. The van der Waals surface area contributed by atoms with E-state index < -0.39 is 107 Å². The Morgan fingerprint density at radius 1 is 0.526 bits per heavy atom. The van der Waals surface area contributed by atoms with E-state index in [9.17, 15) is 26.3 Å². The zero-order chi connectivity index (χ0) is 29.7. The smallest absolute Gasteiger partial charge is 0.324 e. The number of hydrogen-bond donors (Lipinski definition) is 0. The summed E-state index contributed by atoms with van der Waals surface area (Å²) in [4.78, 5) is 0. The van der Waals surface area contributed by atoms with E-state index in [1.165, 1.54) is 3.90 Å². The van der Waals surface area contributed by atoms with Crippen LogP contribution >= 0.6 is 7.05 Å². The minimum atomic E-state index is -3.89. The van der Waals surface area contributed by atoms with Crippen LogP contribution in [0.2, 0.25) is 19.6 Å². The monoisotopic (exact) mass is 591 g/mol. The van der Waals surface area contributed by atoms with Gasteiger partial charge in [0.2, 0.25) is 0 Å². The van der Waals surface area contributed by atoms with E-state index in [0.717, 1.165) is 0 Å². The first-order valence-electron chi connectivity index (χ1n) is 11.8. The Balaban J connectivity index is 2.87. The van der Waals surface area contributed by atoms with Crippen LogP contribution in [0.25, 0.3) is 0 Å². The van der Waals surface area contributed by atoms with Gasteiger partial charge in [-0.3, -0.25) is 0 Å². The summed E-state index contributed by atoms with van der Waals surface area (Å²) >= 11 is 0. The fraction of sp³-hybridized carbons (Fsp3) is 0.500. The molecule has 14 heteroatoms. The molecule has 0 radical (unpaired) electrons. The van der Waals surface area contributed by atoms with Gasteiger partial charge in [0.15, 0.2) is 34.9 Å². The van der Waals surface area contributed by atoms with Gasteiger partial charge in [-0.2, -0.15) is 0 Å². The van der Waals surface area contributed by atoms with Crippen LogP contribution in [0.15, 0.2) is 0 Å². The topological polar surface area (TPSA) is 3.01 Å². The predicted molar refractivity (Wildman–Crippen MR) is 132 cm³/mol. The van der Waals surface area contributed by atoms with Crippen LogP contribution in [0.5, 0.6) is 0 Å². The standard InChI is InChI=1S/C24H29BF10NPSi/c1-23(2,3)37(24(4,5)6)10-25(36(37)38(7,8)9,11-13(26)17(30)21(34)18(31)14(11)27)12-15(28)19(32)22(35)20(33)16(12)29/h10H2,1-9H3. The Labute approximate surface area is 216 Å². The molecule has 0 N–H and O–H groups in total. The number of rotatable bonds is 3. The Morgan fingerprint density at radius 2 is 0.763 bits per heavy atom. The second-order valence-electron chi connectivity index (χ2n) is 12.8. The summed E-state index contributed by atoms with van der Waals surface area (Å²) in [6.45, 7) is 15.5. The SMILES string of the molecule is CC(C)(C)P1(C(C)(C)C)=[N+]([Si](C)(C)C)[B-](c2c(F)c(F)c(F)c(F)c2F)(c2c(F)c(F)c(F)c(F)c2F)C1. The van der Waals surface area contributed by atoms with Crippen molar-refractivity contribution in [2.45, 2.75) is 71.5 Å². The molecule has 212 valence electrons. The van der Waals surface area contributed by atoms with Gasteiger partial charge in [0, 0.05) is 17.4 Å². The van der Waals surface area contributed by atoms with Crippen molar-refractivity contribution in [1.29, 1.82) is 0 Å². The molecule has 0 saturated carbocycles. The molecule has 1 aliphatic rings. The fourth-order valence-electron chi connectivity index (χ4n) is 6.82. The summed E-state index contributed by atoms with van der Waals surface area (Å²) in [5, 5.41) is -1.52. The van der Waals surface area contributed by atoms with Crippen LogP contribution in [0.1, 0.15) is 41.5 Å². The summed E-state index contributed by atoms with van der Waals surface area (Å²) in [7, 11) is -6.06. The van der Waals surface area contributed by atoms with Crippen molar-refractivity contribution in [2.24, 2.45) is 0 Å². The molecule has 0 bridgehead atoms. The lowest BCUT2D eigenvalue weighted by Gasteiger charge is -2.67. The third-order valence-electron chi connectivity index (χ3n) is 7.66. The molecule has 0 fully saturated rings. The maximum atomic E-state index is 15.5. The van der Waals surface area contributed by atoms with E-state index in [4.69, 9.17) is 0 Å². The molecule has 1 aliphatic heterocycles. The Bertz CT molecular complexity index is 1270. The highest BCUT2D eigenvalue weighted by molar-refractivity contribution is 7.74. The van der Waals surface area contributed by atoms with E-state index in [0.29, 0.717) is 0 Å². The molecule has 0 unspecified atom stereocenters. The molecule has 0 atom stereocenters. The molecule has 1 nitrogen and oxygen atoms in total. The maximum Gasteiger partial charge on any atom is 0.324 e. The fourth-order valence-corrected chi connectivity index (χ4v) is 21.4. The van der Waals surface area contributed by atoms with Gasteiger partial charge in [0.1, 0.15) is 23.3 Å². The van der Waals surface area contributed by atoms with Crippen LogP contribution in [-0.4, -0.2) is 34.8 Å². The third kappa shape index (κ3) is 3.77. The van der Waals surface area contributed by atoms with E-state index in [-0.39, 0.29) is 0 Å². The van der Waals surface area contributed by atoms with Crippen molar-refractivity contribution in [1.82, 2.24) is 0 Å². The molecule has 0 aromatic heterocycles. The quantitative estimate of drug-likeness (QED) is 0.116. The molecular formula is C24H29BF10NPSi. The summed E-state index contributed by atoms with van der Waals surface area (Å²) in [6.07, 6.45) is -3.89. The number of halogens is 10. The zero-order valence-corrected chi connectivity index (χ0v) is 24.4. The van der Waals surface area contributed by atoms with Crippen molar-refractivity contribution in [2.75, 3.05) is 6.06 Å². The molecule has 2 aromatic carbocycles. The average molecular weight is 591 g/mol. The Hall–Kier alpha value is -1.75. The van der Waals surface area contributed by atoms with Gasteiger partial charge in [-0.05, 0) is 25.7 Å². The highest BCUT2D eigenvalue weighted by Gasteiger charge is 2.69. The molecule has 0 amide bonds. The average Bonchev–Trinajstić information content (AvgIpc) is 2.73. The summed E-state index contributed by atoms with van der Waals surface area (Å²) in [5.74, 6) is -24.0. The van der Waals surface area contributed by atoms with Crippen LogP contribution < -0.4 is 10.9 Å². The second-order valence-corrected chi connectivity index (χ2v) is 23.0. The van der Waals surface area contributed by atoms with Crippen LogP contribution in [0, 0.1) is 58.2 Å². The highest BCUT2D eigenvalue weighted by Crippen LogP contribution is 2.75. The molecular weight excluding hydrogens is 562 g/mol. The lowest BCUT2D eigenvalue weighted by Crippen LogP contribution is -2.83. The van der Waals surface area contributed by atoms with E-state index >= 15 is 17.6 Å². The van der Waals surface area contributed by atoms with Gasteiger partial charge in [0.25, 0.3) is 8.24 Å². The molecule has 38 heavy (non-hydrogen) atoms. The van der Waals surface area contributed by atoms with Gasteiger partial charge in [-0.15, -0.1) is 0 Å². The number of benzene rings is 2.